The molecule has 3 N–H and O–H groups in total. The molecule has 0 aromatic heterocycles. The zero-order valence-corrected chi connectivity index (χ0v) is 8.81. The van der Waals surface area contributed by atoms with Gasteiger partial charge in [0.25, 0.3) is 0 Å². The predicted molar refractivity (Wildman–Crippen MR) is 54.6 cm³/mol. The first-order valence-electron chi connectivity index (χ1n) is 5.15. The normalized spacial score (nSPS) is 24.7. The van der Waals surface area contributed by atoms with Gasteiger partial charge in [0.05, 0.1) is 13.2 Å². The lowest BCUT2D eigenvalue weighted by molar-refractivity contribution is 0.143. The van der Waals surface area contributed by atoms with Crippen LogP contribution in [0.25, 0.3) is 0 Å². The Morgan fingerprint density at radius 1 is 1.46 bits per heavy atom. The molecule has 1 atom stereocenters. The number of hydrogen-bond donors (Lipinski definition) is 2. The van der Waals surface area contributed by atoms with Crippen LogP contribution in [-0.2, 0) is 4.74 Å². The van der Waals surface area contributed by atoms with Crippen LogP contribution in [0.15, 0.2) is 0 Å². The van der Waals surface area contributed by atoms with Gasteiger partial charge in [-0.15, -0.1) is 0 Å². The Labute approximate surface area is 81.0 Å². The third kappa shape index (κ3) is 4.07. The largest absolute Gasteiger partial charge is 0.379 e. The molecule has 3 nitrogen and oxygen atoms in total. The Bertz CT molecular complexity index is 148. The predicted octanol–water partition coefficient (Wildman–Crippen LogP) is 0.597. The Morgan fingerprint density at radius 3 is 2.69 bits per heavy atom. The maximum atomic E-state index is 5.29. The molecule has 78 valence electrons. The molecule has 0 radical (unpaired) electrons. The van der Waals surface area contributed by atoms with Crippen LogP contribution in [0, 0.1) is 11.3 Å². The van der Waals surface area contributed by atoms with Crippen molar-refractivity contribution in [2.24, 2.45) is 17.1 Å². The van der Waals surface area contributed by atoms with Crippen molar-refractivity contribution in [2.45, 2.75) is 20.3 Å². The molecule has 0 saturated heterocycles. The van der Waals surface area contributed by atoms with Gasteiger partial charge in [0.2, 0.25) is 0 Å². The molecule has 0 heterocycles. The van der Waals surface area contributed by atoms with Crippen molar-refractivity contribution in [2.75, 3.05) is 32.8 Å². The Morgan fingerprint density at radius 2 is 2.15 bits per heavy atom. The van der Waals surface area contributed by atoms with Crippen LogP contribution >= 0.6 is 0 Å². The van der Waals surface area contributed by atoms with Gasteiger partial charge >= 0.3 is 0 Å². The highest BCUT2D eigenvalue weighted by Crippen LogP contribution is 2.50. The van der Waals surface area contributed by atoms with Crippen molar-refractivity contribution in [3.63, 3.8) is 0 Å². The first-order valence-corrected chi connectivity index (χ1v) is 5.15. The average molecular weight is 186 g/mol. The summed E-state index contributed by atoms with van der Waals surface area (Å²) in [6.45, 7) is 8.82. The standard InChI is InChI=1S/C10H22N2O/c1-10(2)7-9(10)8-12-4-6-13-5-3-11/h9,12H,3-8,11H2,1-2H3. The summed E-state index contributed by atoms with van der Waals surface area (Å²) in [5, 5.41) is 3.40. The molecule has 0 aliphatic heterocycles. The van der Waals surface area contributed by atoms with Crippen LogP contribution < -0.4 is 11.1 Å². The molecular formula is C10H22N2O. The maximum absolute atomic E-state index is 5.29. The molecular weight excluding hydrogens is 164 g/mol. The maximum Gasteiger partial charge on any atom is 0.0591 e. The molecule has 1 unspecified atom stereocenters. The SMILES string of the molecule is CC1(C)CC1CNCCOCCN. The summed E-state index contributed by atoms with van der Waals surface area (Å²) < 4.78 is 5.25. The zero-order chi connectivity index (χ0) is 9.73. The summed E-state index contributed by atoms with van der Waals surface area (Å²) in [5.74, 6) is 0.877. The van der Waals surface area contributed by atoms with Gasteiger partial charge < -0.3 is 15.8 Å². The number of rotatable bonds is 7. The summed E-state index contributed by atoms with van der Waals surface area (Å²) in [6.07, 6.45) is 1.36. The lowest BCUT2D eigenvalue weighted by Crippen LogP contribution is -2.24. The highest BCUT2D eigenvalue weighted by atomic mass is 16.5. The number of nitrogens with two attached hydrogens (primary N) is 1. The quantitative estimate of drug-likeness (QED) is 0.572. The van der Waals surface area contributed by atoms with E-state index in [1.54, 1.807) is 0 Å². The smallest absolute Gasteiger partial charge is 0.0591 e. The lowest BCUT2D eigenvalue weighted by atomic mass is 10.1. The van der Waals surface area contributed by atoms with Gasteiger partial charge in [0.15, 0.2) is 0 Å². The molecule has 1 aliphatic rings. The second-order valence-electron chi connectivity index (χ2n) is 4.49. The van der Waals surface area contributed by atoms with E-state index in [0.29, 0.717) is 18.6 Å². The molecule has 1 fully saturated rings. The monoisotopic (exact) mass is 186 g/mol. The van der Waals surface area contributed by atoms with Crippen molar-refractivity contribution in [1.29, 1.82) is 0 Å². The zero-order valence-electron chi connectivity index (χ0n) is 8.81. The highest BCUT2D eigenvalue weighted by Gasteiger charge is 2.44. The fourth-order valence-electron chi connectivity index (χ4n) is 1.53. The van der Waals surface area contributed by atoms with Gasteiger partial charge in [0.1, 0.15) is 0 Å². The van der Waals surface area contributed by atoms with E-state index in [1.165, 1.54) is 6.42 Å². The van der Waals surface area contributed by atoms with Crippen molar-refractivity contribution < 1.29 is 4.74 Å². The molecule has 1 aliphatic carbocycles. The minimum atomic E-state index is 0.588. The van der Waals surface area contributed by atoms with Gasteiger partial charge in [-0.3, -0.25) is 0 Å². The van der Waals surface area contributed by atoms with Crippen LogP contribution in [-0.4, -0.2) is 32.8 Å². The molecule has 0 spiro atoms. The minimum Gasteiger partial charge on any atom is -0.379 e. The van der Waals surface area contributed by atoms with Gasteiger partial charge in [-0.1, -0.05) is 13.8 Å². The second-order valence-corrected chi connectivity index (χ2v) is 4.49. The third-order valence-electron chi connectivity index (χ3n) is 2.79. The number of nitrogens with one attached hydrogen (secondary N) is 1. The second kappa shape index (κ2) is 4.94. The van der Waals surface area contributed by atoms with Gasteiger partial charge in [0, 0.05) is 13.1 Å². The highest BCUT2D eigenvalue weighted by molar-refractivity contribution is 4.95. The molecule has 0 amide bonds. The molecule has 1 rings (SSSR count). The Kier molecular flexibility index (Phi) is 4.16. The van der Waals surface area contributed by atoms with Crippen LogP contribution in [0.2, 0.25) is 0 Å². The first-order chi connectivity index (χ1) is 6.17. The van der Waals surface area contributed by atoms with E-state index >= 15 is 0 Å². The fourth-order valence-corrected chi connectivity index (χ4v) is 1.53. The van der Waals surface area contributed by atoms with Crippen molar-refractivity contribution in [3.8, 4) is 0 Å². The molecule has 0 aromatic rings. The van der Waals surface area contributed by atoms with Crippen molar-refractivity contribution >= 4 is 0 Å². The Hall–Kier alpha value is -0.120. The fraction of sp³-hybridized carbons (Fsp3) is 1.00. The van der Waals surface area contributed by atoms with E-state index in [1.807, 2.05) is 0 Å². The summed E-state index contributed by atoms with van der Waals surface area (Å²) >= 11 is 0. The summed E-state index contributed by atoms with van der Waals surface area (Å²) in [6, 6.07) is 0. The Balaban J connectivity index is 1.80. The number of ether oxygens (including phenoxy) is 1. The molecule has 3 heteroatoms. The van der Waals surface area contributed by atoms with Crippen LogP contribution in [0.1, 0.15) is 20.3 Å². The molecule has 0 bridgehead atoms. The van der Waals surface area contributed by atoms with E-state index in [0.717, 1.165) is 25.6 Å². The van der Waals surface area contributed by atoms with Crippen LogP contribution in [0.4, 0.5) is 0 Å². The number of hydrogen-bond acceptors (Lipinski definition) is 3. The van der Waals surface area contributed by atoms with Crippen molar-refractivity contribution in [3.05, 3.63) is 0 Å². The van der Waals surface area contributed by atoms with E-state index < -0.39 is 0 Å². The van der Waals surface area contributed by atoms with Gasteiger partial charge in [-0.2, -0.15) is 0 Å². The van der Waals surface area contributed by atoms with E-state index in [2.05, 4.69) is 19.2 Å². The summed E-state index contributed by atoms with van der Waals surface area (Å²) in [5.41, 5.74) is 5.88. The first kappa shape index (κ1) is 11.0. The lowest BCUT2D eigenvalue weighted by Gasteiger charge is -2.06. The van der Waals surface area contributed by atoms with Crippen LogP contribution in [0.3, 0.4) is 0 Å². The van der Waals surface area contributed by atoms with Crippen LogP contribution in [0.5, 0.6) is 0 Å². The molecule has 13 heavy (non-hydrogen) atoms. The van der Waals surface area contributed by atoms with E-state index in [4.69, 9.17) is 10.5 Å². The topological polar surface area (TPSA) is 47.3 Å². The van der Waals surface area contributed by atoms with Gasteiger partial charge in [-0.05, 0) is 24.3 Å². The van der Waals surface area contributed by atoms with Crippen molar-refractivity contribution in [1.82, 2.24) is 5.32 Å². The van der Waals surface area contributed by atoms with E-state index in [-0.39, 0.29) is 0 Å². The minimum absolute atomic E-state index is 0.588. The average Bonchev–Trinajstić information content (AvgIpc) is 2.67. The van der Waals surface area contributed by atoms with Gasteiger partial charge in [-0.25, -0.2) is 0 Å². The molecule has 1 saturated carbocycles. The van der Waals surface area contributed by atoms with E-state index in [9.17, 15) is 0 Å². The molecule has 0 aromatic carbocycles. The summed E-state index contributed by atoms with van der Waals surface area (Å²) in [4.78, 5) is 0. The summed E-state index contributed by atoms with van der Waals surface area (Å²) in [7, 11) is 0. The third-order valence-corrected chi connectivity index (χ3v) is 2.79.